The van der Waals surface area contributed by atoms with Crippen molar-refractivity contribution in [1.82, 2.24) is 5.32 Å². The molecule has 112 valence electrons. The highest BCUT2D eigenvalue weighted by Gasteiger charge is 2.11. The predicted molar refractivity (Wildman–Crippen MR) is 89.4 cm³/mol. The number of likely N-dealkylation sites (N-methyl/N-ethyl adjacent to an activating group) is 1. The minimum Gasteiger partial charge on any atom is -0.497 e. The second kappa shape index (κ2) is 7.48. The molecule has 0 fully saturated rings. The van der Waals surface area contributed by atoms with Crippen molar-refractivity contribution in [2.45, 2.75) is 25.8 Å². The average molecular weight is 304 g/mol. The zero-order valence-corrected chi connectivity index (χ0v) is 13.6. The lowest BCUT2D eigenvalue weighted by Gasteiger charge is -2.18. The fourth-order valence-electron chi connectivity index (χ4n) is 2.44. The molecule has 3 heteroatoms. The van der Waals surface area contributed by atoms with Gasteiger partial charge in [0.25, 0.3) is 0 Å². The van der Waals surface area contributed by atoms with Gasteiger partial charge in [-0.3, -0.25) is 0 Å². The average Bonchev–Trinajstić information content (AvgIpc) is 2.49. The van der Waals surface area contributed by atoms with E-state index in [0.29, 0.717) is 6.04 Å². The van der Waals surface area contributed by atoms with E-state index in [1.807, 2.05) is 25.2 Å². The van der Waals surface area contributed by atoms with Crippen LogP contribution in [0.25, 0.3) is 0 Å². The Balaban J connectivity index is 2.09. The van der Waals surface area contributed by atoms with Crippen LogP contribution in [-0.4, -0.2) is 20.2 Å². The summed E-state index contributed by atoms with van der Waals surface area (Å²) < 4.78 is 5.28. The molecular formula is C18H22ClNO. The first-order valence-electron chi connectivity index (χ1n) is 7.17. The van der Waals surface area contributed by atoms with E-state index in [-0.39, 0.29) is 0 Å². The van der Waals surface area contributed by atoms with Gasteiger partial charge in [-0.2, -0.15) is 0 Å². The van der Waals surface area contributed by atoms with Crippen LogP contribution in [0.1, 0.15) is 16.7 Å². The Morgan fingerprint density at radius 2 is 1.95 bits per heavy atom. The first-order chi connectivity index (χ1) is 10.1. The molecule has 0 spiro atoms. The lowest BCUT2D eigenvalue weighted by molar-refractivity contribution is 0.414. The molecule has 0 bridgehead atoms. The molecule has 21 heavy (non-hydrogen) atoms. The number of methoxy groups -OCH3 is 1. The molecule has 0 aliphatic heterocycles. The van der Waals surface area contributed by atoms with Crippen molar-refractivity contribution in [3.63, 3.8) is 0 Å². The number of aryl methyl sites for hydroxylation is 1. The summed E-state index contributed by atoms with van der Waals surface area (Å²) in [6.07, 6.45) is 1.85. The largest absolute Gasteiger partial charge is 0.497 e. The van der Waals surface area contributed by atoms with E-state index in [0.717, 1.165) is 23.6 Å². The molecule has 2 rings (SSSR count). The maximum Gasteiger partial charge on any atom is 0.119 e. The summed E-state index contributed by atoms with van der Waals surface area (Å²) >= 11 is 6.33. The number of hydrogen-bond donors (Lipinski definition) is 1. The molecule has 0 saturated carbocycles. The summed E-state index contributed by atoms with van der Waals surface area (Å²) in [5.41, 5.74) is 3.64. The van der Waals surface area contributed by atoms with Gasteiger partial charge in [0.15, 0.2) is 0 Å². The van der Waals surface area contributed by atoms with Crippen LogP contribution in [0.2, 0.25) is 5.02 Å². The first kappa shape index (κ1) is 15.9. The normalized spacial score (nSPS) is 12.2. The third kappa shape index (κ3) is 4.48. The second-order valence-corrected chi connectivity index (χ2v) is 5.75. The highest BCUT2D eigenvalue weighted by Crippen LogP contribution is 2.21. The van der Waals surface area contributed by atoms with Gasteiger partial charge < -0.3 is 10.1 Å². The fourth-order valence-corrected chi connectivity index (χ4v) is 2.76. The van der Waals surface area contributed by atoms with Crippen LogP contribution < -0.4 is 10.1 Å². The third-order valence-electron chi connectivity index (χ3n) is 3.70. The molecule has 2 aromatic carbocycles. The molecule has 0 heterocycles. The zero-order valence-electron chi connectivity index (χ0n) is 12.8. The van der Waals surface area contributed by atoms with Gasteiger partial charge in [-0.15, -0.1) is 0 Å². The van der Waals surface area contributed by atoms with Crippen molar-refractivity contribution in [3.05, 3.63) is 64.2 Å². The van der Waals surface area contributed by atoms with Crippen molar-refractivity contribution in [3.8, 4) is 5.75 Å². The summed E-state index contributed by atoms with van der Waals surface area (Å²) in [6, 6.07) is 14.8. The number of nitrogens with one attached hydrogen (secondary N) is 1. The summed E-state index contributed by atoms with van der Waals surface area (Å²) in [7, 11) is 3.69. The Labute approximate surface area is 132 Å². The summed E-state index contributed by atoms with van der Waals surface area (Å²) in [5.74, 6) is 0.899. The van der Waals surface area contributed by atoms with Crippen molar-refractivity contribution in [2.24, 2.45) is 0 Å². The fraction of sp³-hybridized carbons (Fsp3) is 0.333. The summed E-state index contributed by atoms with van der Waals surface area (Å²) in [4.78, 5) is 0. The van der Waals surface area contributed by atoms with E-state index >= 15 is 0 Å². The van der Waals surface area contributed by atoms with Gasteiger partial charge in [0.2, 0.25) is 0 Å². The van der Waals surface area contributed by atoms with Gasteiger partial charge in [0.05, 0.1) is 7.11 Å². The van der Waals surface area contributed by atoms with Crippen LogP contribution in [0.3, 0.4) is 0 Å². The van der Waals surface area contributed by atoms with E-state index in [4.69, 9.17) is 16.3 Å². The van der Waals surface area contributed by atoms with Crippen molar-refractivity contribution in [2.75, 3.05) is 14.2 Å². The van der Waals surface area contributed by atoms with E-state index in [9.17, 15) is 0 Å². The summed E-state index contributed by atoms with van der Waals surface area (Å²) in [6.45, 7) is 2.06. The van der Waals surface area contributed by atoms with E-state index in [1.54, 1.807) is 7.11 Å². The molecule has 2 nitrogen and oxygen atoms in total. The number of hydrogen-bond acceptors (Lipinski definition) is 2. The molecule has 0 saturated heterocycles. The summed E-state index contributed by atoms with van der Waals surface area (Å²) in [5, 5.41) is 4.23. The van der Waals surface area contributed by atoms with E-state index in [1.165, 1.54) is 16.7 Å². The predicted octanol–water partition coefficient (Wildman–Crippen LogP) is 4.03. The van der Waals surface area contributed by atoms with Crippen molar-refractivity contribution < 1.29 is 4.74 Å². The van der Waals surface area contributed by atoms with Gasteiger partial charge in [0.1, 0.15) is 5.75 Å². The maximum absolute atomic E-state index is 6.33. The minimum atomic E-state index is 0.345. The highest BCUT2D eigenvalue weighted by molar-refractivity contribution is 6.31. The molecule has 0 amide bonds. The molecule has 0 radical (unpaired) electrons. The molecule has 1 N–H and O–H groups in total. The van der Waals surface area contributed by atoms with Crippen LogP contribution in [-0.2, 0) is 12.8 Å². The van der Waals surface area contributed by atoms with Gasteiger partial charge >= 0.3 is 0 Å². The van der Waals surface area contributed by atoms with E-state index < -0.39 is 0 Å². The Kier molecular flexibility index (Phi) is 5.66. The first-order valence-corrected chi connectivity index (χ1v) is 7.55. The van der Waals surface area contributed by atoms with Crippen LogP contribution >= 0.6 is 11.6 Å². The Morgan fingerprint density at radius 1 is 1.14 bits per heavy atom. The smallest absolute Gasteiger partial charge is 0.119 e. The molecule has 2 aromatic rings. The SMILES string of the molecule is CNC(Cc1cccc(OC)c1)Cc1ccc(C)cc1Cl. The molecular weight excluding hydrogens is 282 g/mol. The van der Waals surface area contributed by atoms with E-state index in [2.05, 4.69) is 36.5 Å². The molecule has 0 aliphatic rings. The van der Waals surface area contributed by atoms with Gasteiger partial charge in [-0.25, -0.2) is 0 Å². The molecule has 0 aromatic heterocycles. The van der Waals surface area contributed by atoms with Gasteiger partial charge in [-0.05, 0) is 61.7 Å². The minimum absolute atomic E-state index is 0.345. The highest BCUT2D eigenvalue weighted by atomic mass is 35.5. The van der Waals surface area contributed by atoms with Crippen LogP contribution in [0.4, 0.5) is 0 Å². The quantitative estimate of drug-likeness (QED) is 0.870. The number of rotatable bonds is 6. The lowest BCUT2D eigenvalue weighted by Crippen LogP contribution is -2.30. The van der Waals surface area contributed by atoms with Crippen LogP contribution in [0.5, 0.6) is 5.75 Å². The second-order valence-electron chi connectivity index (χ2n) is 5.34. The van der Waals surface area contributed by atoms with Crippen molar-refractivity contribution >= 4 is 11.6 Å². The van der Waals surface area contributed by atoms with Crippen molar-refractivity contribution in [1.29, 1.82) is 0 Å². The zero-order chi connectivity index (χ0) is 15.2. The molecule has 1 unspecified atom stereocenters. The Morgan fingerprint density at radius 3 is 2.62 bits per heavy atom. The van der Waals surface area contributed by atoms with Gasteiger partial charge in [0, 0.05) is 11.1 Å². The molecule has 0 aliphatic carbocycles. The number of halogens is 1. The standard InChI is InChI=1S/C18H22ClNO/c1-13-7-8-15(18(19)9-13)12-16(20-2)10-14-5-4-6-17(11-14)21-3/h4-9,11,16,20H,10,12H2,1-3H3. The number of ether oxygens (including phenoxy) is 1. The topological polar surface area (TPSA) is 21.3 Å². The Hall–Kier alpha value is -1.51. The maximum atomic E-state index is 6.33. The Bertz CT molecular complexity index is 598. The molecule has 1 atom stereocenters. The van der Waals surface area contributed by atoms with Gasteiger partial charge in [-0.1, -0.05) is 35.9 Å². The van der Waals surface area contributed by atoms with Crippen LogP contribution in [0, 0.1) is 6.92 Å². The third-order valence-corrected chi connectivity index (χ3v) is 4.05. The monoisotopic (exact) mass is 303 g/mol. The number of benzene rings is 2. The lowest BCUT2D eigenvalue weighted by atomic mass is 9.98. The van der Waals surface area contributed by atoms with Crippen LogP contribution in [0.15, 0.2) is 42.5 Å².